The van der Waals surface area contributed by atoms with Gasteiger partial charge in [-0.3, -0.25) is 14.5 Å². The Morgan fingerprint density at radius 1 is 1.03 bits per heavy atom. The zero-order valence-electron chi connectivity index (χ0n) is 16.2. The van der Waals surface area contributed by atoms with Crippen molar-refractivity contribution in [3.05, 3.63) is 58.1 Å². The van der Waals surface area contributed by atoms with E-state index in [1.807, 2.05) is 34.1 Å². The Morgan fingerprint density at radius 3 is 2.34 bits per heavy atom. The van der Waals surface area contributed by atoms with E-state index in [1.54, 1.807) is 25.3 Å². The van der Waals surface area contributed by atoms with E-state index < -0.39 is 0 Å². The molecule has 0 bridgehead atoms. The number of rotatable bonds is 6. The summed E-state index contributed by atoms with van der Waals surface area (Å²) in [6.07, 6.45) is 0.336. The molecule has 1 aliphatic rings. The van der Waals surface area contributed by atoms with Gasteiger partial charge in [0.25, 0.3) is 0 Å². The third-order valence-corrected chi connectivity index (χ3v) is 5.44. The molecule has 29 heavy (non-hydrogen) atoms. The molecule has 2 aromatic carbocycles. The quantitative estimate of drug-likeness (QED) is 0.755. The van der Waals surface area contributed by atoms with Crippen molar-refractivity contribution in [1.82, 2.24) is 9.80 Å². The van der Waals surface area contributed by atoms with Gasteiger partial charge in [0.2, 0.25) is 11.8 Å². The molecule has 1 N–H and O–H groups in total. The van der Waals surface area contributed by atoms with E-state index >= 15 is 0 Å². The number of hydrogen-bond donors (Lipinski definition) is 1. The van der Waals surface area contributed by atoms with Gasteiger partial charge in [-0.1, -0.05) is 41.4 Å². The molecule has 2 aromatic rings. The number of carbonyl (C=O) groups is 2. The van der Waals surface area contributed by atoms with Gasteiger partial charge in [0.15, 0.2) is 0 Å². The standard InChI is InChI=1S/C21H23Cl2N3O3/c1-29-16-5-2-4-15(12-16)13-20(28)26-10-8-25(9-11-26)14-19(27)24-21-17(22)6-3-7-18(21)23/h2-7,12H,8-11,13-14H2,1H3,(H,24,27). The Balaban J connectivity index is 1.47. The van der Waals surface area contributed by atoms with Crippen LogP contribution < -0.4 is 10.1 Å². The number of anilines is 1. The van der Waals surface area contributed by atoms with Crippen molar-refractivity contribution in [3.63, 3.8) is 0 Å². The largest absolute Gasteiger partial charge is 0.497 e. The summed E-state index contributed by atoms with van der Waals surface area (Å²) in [6, 6.07) is 12.6. The molecule has 1 heterocycles. The number of benzene rings is 2. The molecule has 1 fully saturated rings. The van der Waals surface area contributed by atoms with Gasteiger partial charge in [0.1, 0.15) is 5.75 Å². The van der Waals surface area contributed by atoms with Gasteiger partial charge in [-0.15, -0.1) is 0 Å². The predicted molar refractivity (Wildman–Crippen MR) is 115 cm³/mol. The minimum absolute atomic E-state index is 0.0743. The van der Waals surface area contributed by atoms with Gasteiger partial charge in [-0.05, 0) is 29.8 Å². The summed E-state index contributed by atoms with van der Waals surface area (Å²) in [5.41, 5.74) is 1.35. The molecule has 0 spiro atoms. The molecule has 0 saturated carbocycles. The predicted octanol–water partition coefficient (Wildman–Crippen LogP) is 3.33. The summed E-state index contributed by atoms with van der Waals surface area (Å²) >= 11 is 12.2. The minimum Gasteiger partial charge on any atom is -0.497 e. The van der Waals surface area contributed by atoms with Gasteiger partial charge in [0, 0.05) is 26.2 Å². The molecular weight excluding hydrogens is 413 g/mol. The maximum Gasteiger partial charge on any atom is 0.238 e. The molecule has 8 heteroatoms. The highest BCUT2D eigenvalue weighted by Crippen LogP contribution is 2.29. The highest BCUT2D eigenvalue weighted by Gasteiger charge is 2.23. The first-order valence-electron chi connectivity index (χ1n) is 9.33. The lowest BCUT2D eigenvalue weighted by Crippen LogP contribution is -2.50. The number of para-hydroxylation sites is 1. The maximum absolute atomic E-state index is 12.6. The molecule has 0 aromatic heterocycles. The molecule has 6 nitrogen and oxygen atoms in total. The minimum atomic E-state index is -0.184. The summed E-state index contributed by atoms with van der Waals surface area (Å²) < 4.78 is 5.20. The molecule has 1 aliphatic heterocycles. The zero-order valence-corrected chi connectivity index (χ0v) is 17.7. The number of nitrogens with zero attached hydrogens (tertiary/aromatic N) is 2. The van der Waals surface area contributed by atoms with Gasteiger partial charge in [0.05, 0.1) is 35.8 Å². The van der Waals surface area contributed by atoms with E-state index in [-0.39, 0.29) is 18.4 Å². The van der Waals surface area contributed by atoms with Crippen LogP contribution in [0.15, 0.2) is 42.5 Å². The van der Waals surface area contributed by atoms with Crippen LogP contribution >= 0.6 is 23.2 Å². The second-order valence-electron chi connectivity index (χ2n) is 6.83. The van der Waals surface area contributed by atoms with Crippen LogP contribution in [0.4, 0.5) is 5.69 Å². The number of methoxy groups -OCH3 is 1. The van der Waals surface area contributed by atoms with E-state index in [2.05, 4.69) is 5.32 Å². The van der Waals surface area contributed by atoms with Crippen LogP contribution in [0.3, 0.4) is 0 Å². The smallest absolute Gasteiger partial charge is 0.238 e. The Labute approximate surface area is 180 Å². The molecule has 0 unspecified atom stereocenters. The van der Waals surface area contributed by atoms with E-state index in [9.17, 15) is 9.59 Å². The van der Waals surface area contributed by atoms with Crippen LogP contribution in [0.1, 0.15) is 5.56 Å². The average molecular weight is 436 g/mol. The SMILES string of the molecule is COc1cccc(CC(=O)N2CCN(CC(=O)Nc3c(Cl)cccc3Cl)CC2)c1. The topological polar surface area (TPSA) is 61.9 Å². The molecule has 0 aliphatic carbocycles. The van der Waals surface area contributed by atoms with Gasteiger partial charge < -0.3 is 15.0 Å². The van der Waals surface area contributed by atoms with E-state index in [0.29, 0.717) is 48.3 Å². The summed E-state index contributed by atoms with van der Waals surface area (Å²) in [7, 11) is 1.61. The molecule has 2 amide bonds. The second kappa shape index (κ2) is 9.96. The average Bonchev–Trinajstić information content (AvgIpc) is 2.71. The number of halogens is 2. The fraction of sp³-hybridized carbons (Fsp3) is 0.333. The molecule has 154 valence electrons. The summed E-state index contributed by atoms with van der Waals surface area (Å²) in [5, 5.41) is 3.57. The van der Waals surface area contributed by atoms with Crippen LogP contribution in [-0.4, -0.2) is 61.4 Å². The molecular formula is C21H23Cl2N3O3. The molecule has 0 atom stereocenters. The van der Waals surface area contributed by atoms with Crippen LogP contribution in [0.2, 0.25) is 10.0 Å². The first kappa shape index (κ1) is 21.4. The first-order valence-corrected chi connectivity index (χ1v) is 10.1. The normalized spacial score (nSPS) is 14.5. The van der Waals surface area contributed by atoms with Crippen molar-refractivity contribution < 1.29 is 14.3 Å². The lowest BCUT2D eigenvalue weighted by molar-refractivity contribution is -0.132. The number of carbonyl (C=O) groups excluding carboxylic acids is 2. The summed E-state index contributed by atoms with van der Waals surface area (Å²) in [6.45, 7) is 2.66. The number of hydrogen-bond acceptors (Lipinski definition) is 4. The third-order valence-electron chi connectivity index (χ3n) is 4.81. The summed E-state index contributed by atoms with van der Waals surface area (Å²) in [5.74, 6) is 0.631. The van der Waals surface area contributed by atoms with Gasteiger partial charge in [-0.2, -0.15) is 0 Å². The van der Waals surface area contributed by atoms with Crippen molar-refractivity contribution >= 4 is 40.7 Å². The molecule has 3 rings (SSSR count). The Hall–Kier alpha value is -2.28. The van der Waals surface area contributed by atoms with Crippen LogP contribution in [0.25, 0.3) is 0 Å². The van der Waals surface area contributed by atoms with E-state index in [4.69, 9.17) is 27.9 Å². The highest BCUT2D eigenvalue weighted by atomic mass is 35.5. The fourth-order valence-electron chi connectivity index (χ4n) is 3.22. The van der Waals surface area contributed by atoms with Crippen LogP contribution in [0, 0.1) is 0 Å². The van der Waals surface area contributed by atoms with Crippen molar-refractivity contribution in [1.29, 1.82) is 0 Å². The zero-order chi connectivity index (χ0) is 20.8. The highest BCUT2D eigenvalue weighted by molar-refractivity contribution is 6.39. The van der Waals surface area contributed by atoms with Gasteiger partial charge in [-0.25, -0.2) is 0 Å². The van der Waals surface area contributed by atoms with E-state index in [0.717, 1.165) is 11.3 Å². The lowest BCUT2D eigenvalue weighted by Gasteiger charge is -2.34. The number of nitrogens with one attached hydrogen (secondary N) is 1. The van der Waals surface area contributed by atoms with Gasteiger partial charge >= 0.3 is 0 Å². The van der Waals surface area contributed by atoms with Crippen molar-refractivity contribution in [2.24, 2.45) is 0 Å². The van der Waals surface area contributed by atoms with E-state index in [1.165, 1.54) is 0 Å². The molecule has 1 saturated heterocycles. The van der Waals surface area contributed by atoms with Crippen LogP contribution in [-0.2, 0) is 16.0 Å². The van der Waals surface area contributed by atoms with Crippen molar-refractivity contribution in [3.8, 4) is 5.75 Å². The van der Waals surface area contributed by atoms with Crippen molar-refractivity contribution in [2.75, 3.05) is 45.2 Å². The molecule has 0 radical (unpaired) electrons. The Kier molecular flexibility index (Phi) is 7.36. The maximum atomic E-state index is 12.6. The number of ether oxygens (including phenoxy) is 1. The number of piperazine rings is 1. The second-order valence-corrected chi connectivity index (χ2v) is 7.64. The lowest BCUT2D eigenvalue weighted by atomic mass is 10.1. The Morgan fingerprint density at radius 2 is 1.69 bits per heavy atom. The van der Waals surface area contributed by atoms with Crippen molar-refractivity contribution in [2.45, 2.75) is 6.42 Å². The Bertz CT molecular complexity index is 863. The monoisotopic (exact) mass is 435 g/mol. The number of amides is 2. The fourth-order valence-corrected chi connectivity index (χ4v) is 3.72. The summed E-state index contributed by atoms with van der Waals surface area (Å²) in [4.78, 5) is 28.8. The van der Waals surface area contributed by atoms with Crippen LogP contribution in [0.5, 0.6) is 5.75 Å². The first-order chi connectivity index (χ1) is 14.0. The third kappa shape index (κ3) is 5.85.